The second-order valence-electron chi connectivity index (χ2n) is 3.65. The van der Waals surface area contributed by atoms with Gasteiger partial charge in [0.25, 0.3) is 0 Å². The molecule has 0 aliphatic rings. The van der Waals surface area contributed by atoms with Crippen molar-refractivity contribution in [2.75, 3.05) is 6.61 Å². The summed E-state index contributed by atoms with van der Waals surface area (Å²) in [4.78, 5) is 0. The van der Waals surface area contributed by atoms with Crippen LogP contribution in [0.1, 0.15) is 46.5 Å². The van der Waals surface area contributed by atoms with Crippen molar-refractivity contribution >= 4 is 0 Å². The summed E-state index contributed by atoms with van der Waals surface area (Å²) in [5, 5.41) is 8.76. The molecule has 0 aromatic carbocycles. The van der Waals surface area contributed by atoms with E-state index < -0.39 is 0 Å². The monoisotopic (exact) mass is 170 g/mol. The zero-order valence-corrected chi connectivity index (χ0v) is 8.64. The lowest BCUT2D eigenvalue weighted by Gasteiger charge is -2.11. The van der Waals surface area contributed by atoms with Crippen LogP contribution in [0.4, 0.5) is 0 Å². The second-order valence-corrected chi connectivity index (χ2v) is 3.65. The van der Waals surface area contributed by atoms with Gasteiger partial charge >= 0.3 is 0 Å². The summed E-state index contributed by atoms with van der Waals surface area (Å²) in [5.74, 6) is 0.714. The highest BCUT2D eigenvalue weighted by Gasteiger charge is 2.03. The third-order valence-corrected chi connectivity index (χ3v) is 2.24. The maximum Gasteiger partial charge on any atom is 0.0433 e. The van der Waals surface area contributed by atoms with Gasteiger partial charge in [0.05, 0.1) is 0 Å². The van der Waals surface area contributed by atoms with E-state index in [4.69, 9.17) is 5.11 Å². The van der Waals surface area contributed by atoms with Crippen LogP contribution in [0.5, 0.6) is 0 Å². The van der Waals surface area contributed by atoms with Gasteiger partial charge in [-0.05, 0) is 39.0 Å². The lowest BCUT2D eigenvalue weighted by atomic mass is 9.96. The van der Waals surface area contributed by atoms with Gasteiger partial charge < -0.3 is 5.11 Å². The molecule has 12 heavy (non-hydrogen) atoms. The summed E-state index contributed by atoms with van der Waals surface area (Å²) in [7, 11) is 0. The minimum atomic E-state index is 0.341. The van der Waals surface area contributed by atoms with Crippen molar-refractivity contribution < 1.29 is 5.11 Å². The molecule has 0 aromatic heterocycles. The first-order valence-corrected chi connectivity index (χ1v) is 4.95. The maximum absolute atomic E-state index is 8.76. The van der Waals surface area contributed by atoms with E-state index in [-0.39, 0.29) is 0 Å². The SMILES string of the molecule is CCC(CCO)CCC=C(C)C. The highest BCUT2D eigenvalue weighted by atomic mass is 16.3. The first-order chi connectivity index (χ1) is 5.70. The Morgan fingerprint density at radius 2 is 2.00 bits per heavy atom. The third-order valence-electron chi connectivity index (χ3n) is 2.24. The van der Waals surface area contributed by atoms with E-state index in [2.05, 4.69) is 26.8 Å². The van der Waals surface area contributed by atoms with Gasteiger partial charge in [-0.1, -0.05) is 25.0 Å². The number of hydrogen-bond donors (Lipinski definition) is 1. The van der Waals surface area contributed by atoms with Crippen LogP contribution in [0, 0.1) is 5.92 Å². The van der Waals surface area contributed by atoms with Crippen molar-refractivity contribution in [3.8, 4) is 0 Å². The van der Waals surface area contributed by atoms with Gasteiger partial charge in [-0.15, -0.1) is 0 Å². The minimum absolute atomic E-state index is 0.341. The molecule has 0 amide bonds. The predicted molar refractivity (Wildman–Crippen MR) is 54.1 cm³/mol. The van der Waals surface area contributed by atoms with Crippen LogP contribution in [0.2, 0.25) is 0 Å². The van der Waals surface area contributed by atoms with Crippen LogP contribution in [0.25, 0.3) is 0 Å². The van der Waals surface area contributed by atoms with E-state index in [0.29, 0.717) is 12.5 Å². The summed E-state index contributed by atoms with van der Waals surface area (Å²) in [6, 6.07) is 0. The van der Waals surface area contributed by atoms with Crippen LogP contribution in [0.3, 0.4) is 0 Å². The average molecular weight is 170 g/mol. The van der Waals surface area contributed by atoms with E-state index in [1.807, 2.05) is 0 Å². The van der Waals surface area contributed by atoms with E-state index in [0.717, 1.165) is 6.42 Å². The van der Waals surface area contributed by atoms with Crippen LogP contribution in [-0.4, -0.2) is 11.7 Å². The lowest BCUT2D eigenvalue weighted by molar-refractivity contribution is 0.249. The van der Waals surface area contributed by atoms with Crippen molar-refractivity contribution in [1.82, 2.24) is 0 Å². The van der Waals surface area contributed by atoms with Gasteiger partial charge in [-0.3, -0.25) is 0 Å². The fourth-order valence-corrected chi connectivity index (χ4v) is 1.34. The van der Waals surface area contributed by atoms with E-state index in [1.54, 1.807) is 0 Å². The van der Waals surface area contributed by atoms with Crippen molar-refractivity contribution in [2.45, 2.75) is 46.5 Å². The molecule has 1 heteroatoms. The molecule has 0 saturated carbocycles. The molecule has 0 heterocycles. The van der Waals surface area contributed by atoms with Crippen molar-refractivity contribution in [3.05, 3.63) is 11.6 Å². The summed E-state index contributed by atoms with van der Waals surface area (Å²) in [6.07, 6.45) is 6.83. The molecule has 1 N–H and O–H groups in total. The molecule has 0 spiro atoms. The Bertz CT molecular complexity index is 123. The summed E-state index contributed by atoms with van der Waals surface area (Å²) in [6.45, 7) is 6.80. The van der Waals surface area contributed by atoms with Gasteiger partial charge in [0, 0.05) is 6.61 Å². The highest BCUT2D eigenvalue weighted by Crippen LogP contribution is 2.15. The number of hydrogen-bond acceptors (Lipinski definition) is 1. The topological polar surface area (TPSA) is 20.2 Å². The first kappa shape index (κ1) is 11.7. The van der Waals surface area contributed by atoms with E-state index in [1.165, 1.54) is 24.8 Å². The summed E-state index contributed by atoms with van der Waals surface area (Å²) >= 11 is 0. The molecule has 0 aromatic rings. The minimum Gasteiger partial charge on any atom is -0.396 e. The molecule has 0 radical (unpaired) electrons. The van der Waals surface area contributed by atoms with Gasteiger partial charge in [-0.2, -0.15) is 0 Å². The third kappa shape index (κ3) is 6.41. The Hall–Kier alpha value is -0.300. The Labute approximate surface area is 76.5 Å². The second kappa shape index (κ2) is 7.35. The molecule has 0 aliphatic carbocycles. The Balaban J connectivity index is 3.51. The maximum atomic E-state index is 8.76. The quantitative estimate of drug-likeness (QED) is 0.607. The Kier molecular flexibility index (Phi) is 7.17. The molecule has 1 atom stereocenters. The zero-order valence-electron chi connectivity index (χ0n) is 8.64. The van der Waals surface area contributed by atoms with E-state index in [9.17, 15) is 0 Å². The standard InChI is InChI=1S/C11H22O/c1-4-11(8-9-12)7-5-6-10(2)3/h6,11-12H,4-5,7-9H2,1-3H3. The van der Waals surface area contributed by atoms with E-state index >= 15 is 0 Å². The van der Waals surface area contributed by atoms with Gasteiger partial charge in [0.15, 0.2) is 0 Å². The first-order valence-electron chi connectivity index (χ1n) is 4.95. The van der Waals surface area contributed by atoms with Crippen molar-refractivity contribution in [2.24, 2.45) is 5.92 Å². The van der Waals surface area contributed by atoms with Crippen LogP contribution in [0.15, 0.2) is 11.6 Å². The molecule has 0 aliphatic heterocycles. The number of allylic oxidation sites excluding steroid dienone is 2. The number of aliphatic hydroxyl groups is 1. The highest BCUT2D eigenvalue weighted by molar-refractivity contribution is 4.92. The molecular formula is C11H22O. The molecule has 0 saturated heterocycles. The molecule has 0 bridgehead atoms. The van der Waals surface area contributed by atoms with Crippen LogP contribution in [-0.2, 0) is 0 Å². The molecule has 0 rings (SSSR count). The molecule has 72 valence electrons. The smallest absolute Gasteiger partial charge is 0.0433 e. The van der Waals surface area contributed by atoms with Crippen molar-refractivity contribution in [3.63, 3.8) is 0 Å². The molecule has 0 fully saturated rings. The fourth-order valence-electron chi connectivity index (χ4n) is 1.34. The molecule has 1 nitrogen and oxygen atoms in total. The van der Waals surface area contributed by atoms with Crippen LogP contribution < -0.4 is 0 Å². The predicted octanol–water partition coefficient (Wildman–Crippen LogP) is 3.14. The normalized spacial score (nSPS) is 12.7. The zero-order chi connectivity index (χ0) is 9.40. The Morgan fingerprint density at radius 1 is 1.33 bits per heavy atom. The molecule has 1 unspecified atom stereocenters. The lowest BCUT2D eigenvalue weighted by Crippen LogP contribution is -2.00. The Morgan fingerprint density at radius 3 is 2.42 bits per heavy atom. The van der Waals surface area contributed by atoms with Gasteiger partial charge in [-0.25, -0.2) is 0 Å². The summed E-state index contributed by atoms with van der Waals surface area (Å²) < 4.78 is 0. The molecular weight excluding hydrogens is 148 g/mol. The number of aliphatic hydroxyl groups excluding tert-OH is 1. The summed E-state index contributed by atoms with van der Waals surface area (Å²) in [5.41, 5.74) is 1.40. The fraction of sp³-hybridized carbons (Fsp3) is 0.818. The largest absolute Gasteiger partial charge is 0.396 e. The van der Waals surface area contributed by atoms with Crippen molar-refractivity contribution in [1.29, 1.82) is 0 Å². The van der Waals surface area contributed by atoms with Crippen LogP contribution >= 0.6 is 0 Å². The van der Waals surface area contributed by atoms with Gasteiger partial charge in [0.1, 0.15) is 0 Å². The van der Waals surface area contributed by atoms with Gasteiger partial charge in [0.2, 0.25) is 0 Å². The number of rotatable bonds is 6. The average Bonchev–Trinajstić information content (AvgIpc) is 2.02.